The Morgan fingerprint density at radius 2 is 1.73 bits per heavy atom. The Morgan fingerprint density at radius 1 is 1.00 bits per heavy atom. The molecule has 0 unspecified atom stereocenters. The topological polar surface area (TPSA) is 46.2 Å². The van der Waals surface area contributed by atoms with E-state index in [4.69, 9.17) is 17.3 Å². The van der Waals surface area contributed by atoms with Crippen LogP contribution in [0.1, 0.15) is 0 Å². The van der Waals surface area contributed by atoms with Crippen molar-refractivity contribution >= 4 is 17.3 Å². The molecule has 0 bridgehead atoms. The molecule has 0 aliphatic rings. The number of benzene rings is 2. The summed E-state index contributed by atoms with van der Waals surface area (Å²) in [7, 11) is 0. The summed E-state index contributed by atoms with van der Waals surface area (Å²) in [5.41, 5.74) is 7.90. The number of rotatable bonds is 1. The van der Waals surface area contributed by atoms with Crippen molar-refractivity contribution in [2.75, 3.05) is 5.73 Å². The summed E-state index contributed by atoms with van der Waals surface area (Å²) in [5, 5.41) is 9.97. The van der Waals surface area contributed by atoms with Crippen LogP contribution >= 0.6 is 11.6 Å². The number of nitrogen functional groups attached to an aromatic ring is 1. The van der Waals surface area contributed by atoms with Gasteiger partial charge in [0.25, 0.3) is 0 Å². The largest absolute Gasteiger partial charge is 0.506 e. The Labute approximate surface area is 92.9 Å². The summed E-state index contributed by atoms with van der Waals surface area (Å²) < 4.78 is 0. The van der Waals surface area contributed by atoms with Crippen molar-refractivity contribution in [1.29, 1.82) is 0 Å². The molecule has 76 valence electrons. The second-order valence-electron chi connectivity index (χ2n) is 3.28. The number of hydrogen-bond acceptors (Lipinski definition) is 2. The average molecular weight is 220 g/mol. The zero-order valence-electron chi connectivity index (χ0n) is 7.94. The maximum Gasteiger partial charge on any atom is 0.138 e. The fourth-order valence-electron chi connectivity index (χ4n) is 1.40. The van der Waals surface area contributed by atoms with Gasteiger partial charge in [0.2, 0.25) is 0 Å². The first-order valence-electron chi connectivity index (χ1n) is 4.51. The molecule has 0 atom stereocenters. The molecule has 15 heavy (non-hydrogen) atoms. The van der Waals surface area contributed by atoms with E-state index in [0.29, 0.717) is 10.7 Å². The Hall–Kier alpha value is -1.67. The molecule has 0 fully saturated rings. The average Bonchev–Trinajstić information content (AvgIpc) is 2.22. The van der Waals surface area contributed by atoms with Crippen LogP contribution in [0.25, 0.3) is 11.1 Å². The second-order valence-corrected chi connectivity index (χ2v) is 3.72. The molecule has 3 N–H and O–H groups in total. The van der Waals surface area contributed by atoms with Gasteiger partial charge in [0, 0.05) is 5.02 Å². The Morgan fingerprint density at radius 3 is 2.40 bits per heavy atom. The summed E-state index contributed by atoms with van der Waals surface area (Å²) in [6.45, 7) is 0. The van der Waals surface area contributed by atoms with E-state index in [1.807, 2.05) is 24.3 Å². The van der Waals surface area contributed by atoms with Crippen molar-refractivity contribution in [3.8, 4) is 16.9 Å². The van der Waals surface area contributed by atoms with Crippen LogP contribution in [0.3, 0.4) is 0 Å². The molecule has 0 heterocycles. The van der Waals surface area contributed by atoms with Gasteiger partial charge in [-0.25, -0.2) is 0 Å². The predicted molar refractivity (Wildman–Crippen MR) is 63.0 cm³/mol. The third kappa shape index (κ3) is 2.05. The summed E-state index contributed by atoms with van der Waals surface area (Å²) in [4.78, 5) is 0. The molecule has 3 heteroatoms. The lowest BCUT2D eigenvalue weighted by atomic mass is 10.1. The van der Waals surface area contributed by atoms with Crippen LogP contribution in [-0.2, 0) is 0 Å². The third-order valence-corrected chi connectivity index (χ3v) is 2.42. The zero-order chi connectivity index (χ0) is 10.8. The van der Waals surface area contributed by atoms with E-state index in [2.05, 4.69) is 0 Å². The molecule has 0 saturated carbocycles. The van der Waals surface area contributed by atoms with Gasteiger partial charge in [-0.1, -0.05) is 29.8 Å². The molecule has 2 aromatic carbocycles. The molecule has 0 aromatic heterocycles. The van der Waals surface area contributed by atoms with Crippen LogP contribution < -0.4 is 5.73 Å². The van der Waals surface area contributed by atoms with Crippen molar-refractivity contribution in [2.45, 2.75) is 0 Å². The molecule has 2 rings (SSSR count). The van der Waals surface area contributed by atoms with Crippen molar-refractivity contribution in [1.82, 2.24) is 0 Å². The highest BCUT2D eigenvalue weighted by atomic mass is 35.5. The Balaban J connectivity index is 2.50. The smallest absolute Gasteiger partial charge is 0.138 e. The van der Waals surface area contributed by atoms with E-state index < -0.39 is 0 Å². The summed E-state index contributed by atoms with van der Waals surface area (Å²) >= 11 is 5.89. The normalized spacial score (nSPS) is 10.2. The van der Waals surface area contributed by atoms with Crippen LogP contribution in [0, 0.1) is 0 Å². The molecular weight excluding hydrogens is 210 g/mol. The van der Waals surface area contributed by atoms with Gasteiger partial charge in [-0.05, 0) is 35.4 Å². The van der Waals surface area contributed by atoms with Crippen molar-refractivity contribution in [3.05, 3.63) is 47.5 Å². The highest BCUT2D eigenvalue weighted by molar-refractivity contribution is 6.30. The minimum Gasteiger partial charge on any atom is -0.506 e. The molecule has 0 radical (unpaired) electrons. The quantitative estimate of drug-likeness (QED) is 0.571. The van der Waals surface area contributed by atoms with Crippen LogP contribution in [-0.4, -0.2) is 5.11 Å². The van der Waals surface area contributed by atoms with Crippen LogP contribution in [0.4, 0.5) is 5.69 Å². The molecule has 0 saturated heterocycles. The highest BCUT2D eigenvalue weighted by Crippen LogP contribution is 2.28. The summed E-state index contributed by atoms with van der Waals surface area (Å²) in [6.07, 6.45) is 0. The first kappa shape index (κ1) is 9.87. The second kappa shape index (κ2) is 3.83. The first-order chi connectivity index (χ1) is 7.16. The number of anilines is 1. The Bertz CT molecular complexity index is 497. The summed E-state index contributed by atoms with van der Waals surface area (Å²) in [6, 6.07) is 12.6. The van der Waals surface area contributed by atoms with E-state index in [1.165, 1.54) is 0 Å². The van der Waals surface area contributed by atoms with E-state index in [9.17, 15) is 5.11 Å². The number of halogens is 1. The van der Waals surface area contributed by atoms with Crippen LogP contribution in [0.15, 0.2) is 42.5 Å². The Kier molecular flexibility index (Phi) is 2.52. The molecular formula is C12H10ClNO. The van der Waals surface area contributed by atoms with Gasteiger partial charge < -0.3 is 10.8 Å². The lowest BCUT2D eigenvalue weighted by Crippen LogP contribution is -1.86. The van der Waals surface area contributed by atoms with E-state index in [0.717, 1.165) is 11.1 Å². The fraction of sp³-hybridized carbons (Fsp3) is 0. The van der Waals surface area contributed by atoms with Crippen LogP contribution in [0.5, 0.6) is 5.75 Å². The third-order valence-electron chi connectivity index (χ3n) is 2.19. The highest BCUT2D eigenvalue weighted by Gasteiger charge is 2.01. The van der Waals surface area contributed by atoms with Gasteiger partial charge in [-0.2, -0.15) is 0 Å². The number of hydrogen-bond donors (Lipinski definition) is 2. The van der Waals surface area contributed by atoms with E-state index in [1.54, 1.807) is 18.2 Å². The molecule has 0 aliphatic carbocycles. The molecule has 0 amide bonds. The number of phenols is 1. The van der Waals surface area contributed by atoms with Gasteiger partial charge in [0.1, 0.15) is 5.75 Å². The van der Waals surface area contributed by atoms with Gasteiger partial charge in [0.05, 0.1) is 5.69 Å². The SMILES string of the molecule is Nc1cc(-c2cccc(Cl)c2)ccc1O. The predicted octanol–water partition coefficient (Wildman–Crippen LogP) is 3.29. The molecule has 2 aromatic rings. The standard InChI is InChI=1S/C12H10ClNO/c13-10-3-1-2-8(6-10)9-4-5-12(15)11(14)7-9/h1-7,15H,14H2. The molecule has 0 spiro atoms. The lowest BCUT2D eigenvalue weighted by Gasteiger charge is -2.04. The van der Waals surface area contributed by atoms with Gasteiger partial charge >= 0.3 is 0 Å². The van der Waals surface area contributed by atoms with Gasteiger partial charge in [-0.3, -0.25) is 0 Å². The molecule has 2 nitrogen and oxygen atoms in total. The number of nitrogens with two attached hydrogens (primary N) is 1. The zero-order valence-corrected chi connectivity index (χ0v) is 8.70. The monoisotopic (exact) mass is 219 g/mol. The van der Waals surface area contributed by atoms with Gasteiger partial charge in [-0.15, -0.1) is 0 Å². The van der Waals surface area contributed by atoms with E-state index in [-0.39, 0.29) is 5.75 Å². The van der Waals surface area contributed by atoms with Crippen molar-refractivity contribution in [3.63, 3.8) is 0 Å². The fourth-order valence-corrected chi connectivity index (χ4v) is 1.59. The number of aromatic hydroxyl groups is 1. The van der Waals surface area contributed by atoms with Crippen molar-refractivity contribution < 1.29 is 5.11 Å². The minimum absolute atomic E-state index is 0.0979. The van der Waals surface area contributed by atoms with Crippen molar-refractivity contribution in [2.24, 2.45) is 0 Å². The van der Waals surface area contributed by atoms with Crippen LogP contribution in [0.2, 0.25) is 5.02 Å². The van der Waals surface area contributed by atoms with Gasteiger partial charge in [0.15, 0.2) is 0 Å². The molecule has 0 aliphatic heterocycles. The minimum atomic E-state index is 0.0979. The maximum atomic E-state index is 9.29. The number of phenolic OH excluding ortho intramolecular Hbond substituents is 1. The first-order valence-corrected chi connectivity index (χ1v) is 4.89. The summed E-state index contributed by atoms with van der Waals surface area (Å²) in [5.74, 6) is 0.0979. The maximum absolute atomic E-state index is 9.29. The van der Waals surface area contributed by atoms with E-state index >= 15 is 0 Å². The lowest BCUT2D eigenvalue weighted by molar-refractivity contribution is 0.478.